The van der Waals surface area contributed by atoms with E-state index in [1.807, 2.05) is 37.3 Å². The predicted octanol–water partition coefficient (Wildman–Crippen LogP) is 4.39. The number of nitrogens with zero attached hydrogens (tertiary/aromatic N) is 2. The van der Waals surface area contributed by atoms with Gasteiger partial charge in [0.25, 0.3) is 0 Å². The molecule has 0 aliphatic rings. The number of benzene rings is 2. The molecule has 3 aromatic rings. The first-order chi connectivity index (χ1) is 9.61. The van der Waals surface area contributed by atoms with Gasteiger partial charge in [0.2, 0.25) is 0 Å². The Morgan fingerprint density at radius 2 is 2.05 bits per heavy atom. The Morgan fingerprint density at radius 1 is 1.25 bits per heavy atom. The summed E-state index contributed by atoms with van der Waals surface area (Å²) in [4.78, 5) is 4.68. The summed E-state index contributed by atoms with van der Waals surface area (Å²) in [5, 5.41) is 10.4. The molecule has 4 heteroatoms. The summed E-state index contributed by atoms with van der Waals surface area (Å²) in [6, 6.07) is 11.3. The predicted molar refractivity (Wildman–Crippen MR) is 82.3 cm³/mol. The fourth-order valence-electron chi connectivity index (χ4n) is 2.46. The van der Waals surface area contributed by atoms with Crippen molar-refractivity contribution in [2.75, 3.05) is 0 Å². The number of fused-ring (bicyclic) bond motifs is 1. The maximum Gasteiger partial charge on any atom is 0.141 e. The molecule has 0 radical (unpaired) electrons. The van der Waals surface area contributed by atoms with Crippen molar-refractivity contribution >= 4 is 22.6 Å². The van der Waals surface area contributed by atoms with E-state index in [1.54, 1.807) is 6.07 Å². The highest BCUT2D eigenvalue weighted by atomic mass is 35.5. The number of aromatic hydroxyl groups is 1. The molecule has 0 spiro atoms. The molecular formula is C16H15ClN2O. The van der Waals surface area contributed by atoms with Gasteiger partial charge in [-0.15, -0.1) is 0 Å². The van der Waals surface area contributed by atoms with Gasteiger partial charge in [-0.05, 0) is 49.7 Å². The van der Waals surface area contributed by atoms with Gasteiger partial charge >= 0.3 is 0 Å². The SMILES string of the molecule is CCn1c(-c2ccc(O)c(C)c2)nc2cccc(Cl)c21. The number of aromatic nitrogens is 2. The van der Waals surface area contributed by atoms with Crippen LogP contribution in [-0.4, -0.2) is 14.7 Å². The summed E-state index contributed by atoms with van der Waals surface area (Å²) in [7, 11) is 0. The van der Waals surface area contributed by atoms with Crippen molar-refractivity contribution in [3.8, 4) is 17.1 Å². The van der Waals surface area contributed by atoms with Crippen molar-refractivity contribution in [2.45, 2.75) is 20.4 Å². The molecule has 2 aromatic carbocycles. The van der Waals surface area contributed by atoms with Crippen molar-refractivity contribution in [1.82, 2.24) is 9.55 Å². The fraction of sp³-hybridized carbons (Fsp3) is 0.188. The van der Waals surface area contributed by atoms with Crippen molar-refractivity contribution < 1.29 is 5.11 Å². The normalized spacial score (nSPS) is 11.2. The Morgan fingerprint density at radius 3 is 2.75 bits per heavy atom. The van der Waals surface area contributed by atoms with Gasteiger partial charge in [0.15, 0.2) is 0 Å². The first kappa shape index (κ1) is 13.0. The molecule has 0 saturated heterocycles. The molecule has 0 bridgehead atoms. The zero-order valence-corrected chi connectivity index (χ0v) is 12.1. The Balaban J connectivity index is 2.30. The minimum atomic E-state index is 0.297. The zero-order chi connectivity index (χ0) is 14.3. The number of rotatable bonds is 2. The maximum atomic E-state index is 9.65. The fourth-order valence-corrected chi connectivity index (χ4v) is 2.74. The molecule has 0 fully saturated rings. The lowest BCUT2D eigenvalue weighted by Crippen LogP contribution is -1.98. The van der Waals surface area contributed by atoms with Gasteiger partial charge in [-0.25, -0.2) is 4.98 Å². The number of imidazole rings is 1. The molecule has 102 valence electrons. The van der Waals surface area contributed by atoms with Crippen molar-refractivity contribution in [3.63, 3.8) is 0 Å². The smallest absolute Gasteiger partial charge is 0.141 e. The lowest BCUT2D eigenvalue weighted by atomic mass is 10.1. The summed E-state index contributed by atoms with van der Waals surface area (Å²) in [5.74, 6) is 1.17. The Labute approximate surface area is 122 Å². The Bertz CT molecular complexity index is 793. The summed E-state index contributed by atoms with van der Waals surface area (Å²) in [5.41, 5.74) is 3.66. The van der Waals surface area contributed by atoms with Crippen molar-refractivity contribution in [2.24, 2.45) is 0 Å². The minimum absolute atomic E-state index is 0.297. The summed E-state index contributed by atoms with van der Waals surface area (Å²) in [6.45, 7) is 4.74. The number of phenolic OH excluding ortho intramolecular Hbond substituents is 1. The molecule has 1 heterocycles. The van der Waals surface area contributed by atoms with Crippen LogP contribution in [-0.2, 0) is 6.54 Å². The van der Waals surface area contributed by atoms with Crippen LogP contribution in [0, 0.1) is 6.92 Å². The lowest BCUT2D eigenvalue weighted by Gasteiger charge is -2.08. The first-order valence-electron chi connectivity index (χ1n) is 6.56. The van der Waals surface area contributed by atoms with E-state index in [1.165, 1.54) is 0 Å². The molecule has 0 saturated carbocycles. The highest BCUT2D eigenvalue weighted by Gasteiger charge is 2.14. The van der Waals surface area contributed by atoms with Gasteiger partial charge in [-0.1, -0.05) is 17.7 Å². The van der Waals surface area contributed by atoms with Crippen LogP contribution in [0.3, 0.4) is 0 Å². The molecular weight excluding hydrogens is 272 g/mol. The van der Waals surface area contributed by atoms with Crippen LogP contribution in [0.2, 0.25) is 5.02 Å². The lowest BCUT2D eigenvalue weighted by molar-refractivity contribution is 0.471. The van der Waals surface area contributed by atoms with Gasteiger partial charge in [0.1, 0.15) is 11.6 Å². The summed E-state index contributed by atoms with van der Waals surface area (Å²) in [6.07, 6.45) is 0. The van der Waals surface area contributed by atoms with E-state index in [2.05, 4.69) is 16.5 Å². The quantitative estimate of drug-likeness (QED) is 0.759. The number of halogens is 1. The van der Waals surface area contributed by atoms with Crippen molar-refractivity contribution in [3.05, 3.63) is 47.0 Å². The molecule has 3 nitrogen and oxygen atoms in total. The van der Waals surface area contributed by atoms with Crippen LogP contribution in [0.1, 0.15) is 12.5 Å². The zero-order valence-electron chi connectivity index (χ0n) is 11.4. The second-order valence-electron chi connectivity index (χ2n) is 4.79. The molecule has 0 aliphatic carbocycles. The highest BCUT2D eigenvalue weighted by Crippen LogP contribution is 2.31. The molecule has 3 rings (SSSR count). The topological polar surface area (TPSA) is 38.0 Å². The highest BCUT2D eigenvalue weighted by molar-refractivity contribution is 6.35. The van der Waals surface area contributed by atoms with Gasteiger partial charge in [-0.3, -0.25) is 0 Å². The first-order valence-corrected chi connectivity index (χ1v) is 6.94. The number of phenols is 1. The second kappa shape index (κ2) is 4.84. The van der Waals surface area contributed by atoms with E-state index >= 15 is 0 Å². The van der Waals surface area contributed by atoms with Crippen LogP contribution >= 0.6 is 11.6 Å². The third-order valence-corrected chi connectivity index (χ3v) is 3.79. The Hall–Kier alpha value is -2.00. The molecule has 20 heavy (non-hydrogen) atoms. The monoisotopic (exact) mass is 286 g/mol. The van der Waals surface area contributed by atoms with Crippen LogP contribution in [0.5, 0.6) is 5.75 Å². The van der Waals surface area contributed by atoms with Crippen molar-refractivity contribution in [1.29, 1.82) is 0 Å². The van der Waals surface area contributed by atoms with E-state index in [9.17, 15) is 5.11 Å². The molecule has 0 atom stereocenters. The number of hydrogen-bond acceptors (Lipinski definition) is 2. The molecule has 0 unspecified atom stereocenters. The van der Waals surface area contributed by atoms with Gasteiger partial charge in [0.05, 0.1) is 16.1 Å². The van der Waals surface area contributed by atoms with Crippen LogP contribution < -0.4 is 0 Å². The average molecular weight is 287 g/mol. The minimum Gasteiger partial charge on any atom is -0.508 e. The van der Waals surface area contributed by atoms with Gasteiger partial charge in [-0.2, -0.15) is 0 Å². The van der Waals surface area contributed by atoms with Crippen LogP contribution in [0.25, 0.3) is 22.4 Å². The van der Waals surface area contributed by atoms with Crippen LogP contribution in [0.15, 0.2) is 36.4 Å². The number of para-hydroxylation sites is 1. The largest absolute Gasteiger partial charge is 0.508 e. The molecule has 1 aromatic heterocycles. The number of hydrogen-bond donors (Lipinski definition) is 1. The average Bonchev–Trinajstić information content (AvgIpc) is 2.82. The second-order valence-corrected chi connectivity index (χ2v) is 5.20. The number of aryl methyl sites for hydroxylation is 2. The summed E-state index contributed by atoms with van der Waals surface area (Å²) < 4.78 is 2.10. The Kier molecular flexibility index (Phi) is 3.14. The van der Waals surface area contributed by atoms with E-state index in [4.69, 9.17) is 11.6 Å². The standard InChI is InChI=1S/C16H15ClN2O/c1-3-19-15-12(17)5-4-6-13(15)18-16(19)11-7-8-14(20)10(2)9-11/h4-9,20H,3H2,1-2H3. The molecule has 0 aliphatic heterocycles. The molecule has 1 N–H and O–H groups in total. The third kappa shape index (κ3) is 1.95. The van der Waals surface area contributed by atoms with E-state index in [0.29, 0.717) is 10.8 Å². The van der Waals surface area contributed by atoms with Gasteiger partial charge in [0, 0.05) is 12.1 Å². The van der Waals surface area contributed by atoms with E-state index < -0.39 is 0 Å². The maximum absolute atomic E-state index is 9.65. The molecule has 0 amide bonds. The van der Waals surface area contributed by atoms with E-state index in [0.717, 1.165) is 34.5 Å². The van der Waals surface area contributed by atoms with Crippen LogP contribution in [0.4, 0.5) is 0 Å². The van der Waals surface area contributed by atoms with Gasteiger partial charge < -0.3 is 9.67 Å². The summed E-state index contributed by atoms with van der Waals surface area (Å²) >= 11 is 6.30. The third-order valence-electron chi connectivity index (χ3n) is 3.49. The van der Waals surface area contributed by atoms with E-state index in [-0.39, 0.29) is 0 Å².